The molecule has 18 heavy (non-hydrogen) atoms. The van der Waals surface area contributed by atoms with Crippen LogP contribution in [0.15, 0.2) is 30.3 Å². The molecule has 1 unspecified atom stereocenters. The molecule has 0 aliphatic heterocycles. The number of hydrogen-bond acceptors (Lipinski definition) is 4. The fraction of sp³-hybridized carbons (Fsp3) is 0.231. The molecule has 0 spiro atoms. The monoisotopic (exact) mass is 245 g/mol. The maximum atomic E-state index is 11.8. The maximum absolute atomic E-state index is 11.8. The van der Waals surface area contributed by atoms with Gasteiger partial charge in [-0.1, -0.05) is 18.2 Å². The number of fused-ring (bicyclic) bond motifs is 1. The van der Waals surface area contributed by atoms with Crippen LogP contribution in [0, 0.1) is 0 Å². The molecule has 5 nitrogen and oxygen atoms in total. The van der Waals surface area contributed by atoms with Crippen LogP contribution in [0.4, 0.5) is 5.69 Å². The topological polar surface area (TPSA) is 88.2 Å². The summed E-state index contributed by atoms with van der Waals surface area (Å²) in [4.78, 5) is 16.0. The first-order chi connectivity index (χ1) is 8.58. The molecule has 0 radical (unpaired) electrons. The molecule has 1 heterocycles. The van der Waals surface area contributed by atoms with Crippen molar-refractivity contribution in [3.8, 4) is 0 Å². The first-order valence-electron chi connectivity index (χ1n) is 5.69. The lowest BCUT2D eigenvalue weighted by Crippen LogP contribution is -2.31. The molecule has 1 amide bonds. The van der Waals surface area contributed by atoms with Crippen molar-refractivity contribution in [1.29, 1.82) is 0 Å². The summed E-state index contributed by atoms with van der Waals surface area (Å²) < 4.78 is 0. The molecule has 5 heteroatoms. The van der Waals surface area contributed by atoms with Crippen molar-refractivity contribution >= 4 is 22.5 Å². The van der Waals surface area contributed by atoms with Crippen LogP contribution < -0.4 is 11.1 Å². The van der Waals surface area contributed by atoms with Crippen molar-refractivity contribution in [2.75, 3.05) is 12.3 Å². The lowest BCUT2D eigenvalue weighted by molar-refractivity contribution is 0.0919. The van der Waals surface area contributed by atoms with Gasteiger partial charge in [-0.25, -0.2) is 4.98 Å². The number of carbonyl (C=O) groups is 1. The minimum Gasteiger partial charge on any atom is -0.397 e. The quantitative estimate of drug-likeness (QED) is 0.702. The number of anilines is 1. The Labute approximate surface area is 105 Å². The molecule has 4 N–H and O–H groups in total. The van der Waals surface area contributed by atoms with Gasteiger partial charge >= 0.3 is 0 Å². The van der Waals surface area contributed by atoms with Crippen LogP contribution in [-0.2, 0) is 0 Å². The Bertz CT molecular complexity index is 581. The number of hydrogen-bond donors (Lipinski definition) is 3. The summed E-state index contributed by atoms with van der Waals surface area (Å²) in [5, 5.41) is 12.6. The number of aromatic nitrogens is 1. The number of amides is 1. The van der Waals surface area contributed by atoms with Crippen molar-refractivity contribution in [2.24, 2.45) is 0 Å². The predicted molar refractivity (Wildman–Crippen MR) is 70.2 cm³/mol. The standard InChI is InChI=1S/C13H15N3O2/c1-8(17)7-15-13(18)11-6-5-9-3-2-4-10(14)12(9)16-11/h2-6,8,17H,7,14H2,1H3,(H,15,18). The number of carbonyl (C=O) groups excluding carboxylic acids is 1. The van der Waals surface area contributed by atoms with E-state index in [0.717, 1.165) is 5.39 Å². The summed E-state index contributed by atoms with van der Waals surface area (Å²) in [5.74, 6) is -0.318. The van der Waals surface area contributed by atoms with E-state index in [2.05, 4.69) is 10.3 Å². The van der Waals surface area contributed by atoms with Crippen LogP contribution in [0.1, 0.15) is 17.4 Å². The molecule has 0 aliphatic carbocycles. The van der Waals surface area contributed by atoms with Gasteiger partial charge in [0.15, 0.2) is 0 Å². The van der Waals surface area contributed by atoms with Crippen LogP contribution in [0.3, 0.4) is 0 Å². The summed E-state index contributed by atoms with van der Waals surface area (Å²) >= 11 is 0. The van der Waals surface area contributed by atoms with Crippen molar-refractivity contribution in [1.82, 2.24) is 10.3 Å². The third-order valence-electron chi connectivity index (χ3n) is 2.54. The van der Waals surface area contributed by atoms with Crippen molar-refractivity contribution in [2.45, 2.75) is 13.0 Å². The molecule has 0 saturated heterocycles. The second kappa shape index (κ2) is 5.01. The van der Waals surface area contributed by atoms with Gasteiger partial charge in [-0.2, -0.15) is 0 Å². The van der Waals surface area contributed by atoms with E-state index in [9.17, 15) is 4.79 Å². The molecule has 0 bridgehead atoms. The molecular formula is C13H15N3O2. The van der Waals surface area contributed by atoms with E-state index in [0.29, 0.717) is 16.9 Å². The highest BCUT2D eigenvalue weighted by Gasteiger charge is 2.09. The average Bonchev–Trinajstić information content (AvgIpc) is 2.36. The van der Waals surface area contributed by atoms with Crippen LogP contribution in [-0.4, -0.2) is 28.6 Å². The molecular weight excluding hydrogens is 230 g/mol. The lowest BCUT2D eigenvalue weighted by Gasteiger charge is -2.07. The Morgan fingerprint density at radius 1 is 1.44 bits per heavy atom. The first-order valence-corrected chi connectivity index (χ1v) is 5.69. The number of nitrogens with zero attached hydrogens (tertiary/aromatic N) is 1. The zero-order valence-electron chi connectivity index (χ0n) is 10.1. The molecule has 0 aliphatic rings. The molecule has 1 aromatic heterocycles. The van der Waals surface area contributed by atoms with E-state index in [4.69, 9.17) is 10.8 Å². The summed E-state index contributed by atoms with van der Waals surface area (Å²) in [5.41, 5.74) is 7.26. The van der Waals surface area contributed by atoms with Crippen molar-refractivity contribution < 1.29 is 9.90 Å². The zero-order valence-corrected chi connectivity index (χ0v) is 10.1. The Hall–Kier alpha value is -2.14. The van der Waals surface area contributed by atoms with E-state index >= 15 is 0 Å². The van der Waals surface area contributed by atoms with Crippen LogP contribution >= 0.6 is 0 Å². The van der Waals surface area contributed by atoms with Gasteiger partial charge in [-0.15, -0.1) is 0 Å². The average molecular weight is 245 g/mol. The highest BCUT2D eigenvalue weighted by Crippen LogP contribution is 2.18. The van der Waals surface area contributed by atoms with Gasteiger partial charge < -0.3 is 16.2 Å². The summed E-state index contributed by atoms with van der Waals surface area (Å²) in [6.45, 7) is 1.80. The van der Waals surface area contributed by atoms with E-state index in [1.807, 2.05) is 12.1 Å². The van der Waals surface area contributed by atoms with Crippen LogP contribution in [0.5, 0.6) is 0 Å². The summed E-state index contributed by atoms with van der Waals surface area (Å²) in [6.07, 6.45) is -0.584. The number of pyridine rings is 1. The number of nitrogens with two attached hydrogens (primary N) is 1. The fourth-order valence-corrected chi connectivity index (χ4v) is 1.63. The third kappa shape index (κ3) is 2.57. The van der Waals surface area contributed by atoms with Gasteiger partial charge in [0.25, 0.3) is 5.91 Å². The first kappa shape index (κ1) is 12.3. The number of aliphatic hydroxyl groups is 1. The van der Waals surface area contributed by atoms with Crippen LogP contribution in [0.2, 0.25) is 0 Å². The molecule has 1 atom stereocenters. The normalized spacial score (nSPS) is 12.3. The highest BCUT2D eigenvalue weighted by molar-refractivity contribution is 5.97. The Morgan fingerprint density at radius 2 is 2.22 bits per heavy atom. The number of nitrogen functional groups attached to an aromatic ring is 1. The second-order valence-electron chi connectivity index (χ2n) is 4.17. The van der Waals surface area contributed by atoms with Gasteiger partial charge in [0.05, 0.1) is 17.3 Å². The van der Waals surface area contributed by atoms with Gasteiger partial charge in [0, 0.05) is 11.9 Å². The number of rotatable bonds is 3. The predicted octanol–water partition coefficient (Wildman–Crippen LogP) is 0.928. The molecule has 94 valence electrons. The second-order valence-corrected chi connectivity index (χ2v) is 4.17. The van der Waals surface area contributed by atoms with Gasteiger partial charge in [-0.3, -0.25) is 4.79 Å². The van der Waals surface area contributed by atoms with Gasteiger partial charge in [-0.05, 0) is 19.1 Å². The summed E-state index contributed by atoms with van der Waals surface area (Å²) in [6, 6.07) is 8.91. The molecule has 2 aromatic rings. The fourth-order valence-electron chi connectivity index (χ4n) is 1.63. The Kier molecular flexibility index (Phi) is 3.43. The van der Waals surface area contributed by atoms with Crippen molar-refractivity contribution in [3.05, 3.63) is 36.0 Å². The molecule has 0 fully saturated rings. The van der Waals surface area contributed by atoms with Crippen molar-refractivity contribution in [3.63, 3.8) is 0 Å². The Balaban J connectivity index is 2.29. The SMILES string of the molecule is CC(O)CNC(=O)c1ccc2cccc(N)c2n1. The summed E-state index contributed by atoms with van der Waals surface area (Å²) in [7, 11) is 0. The minimum atomic E-state index is -0.584. The molecule has 1 aromatic carbocycles. The number of nitrogens with one attached hydrogen (secondary N) is 1. The number of benzene rings is 1. The molecule has 2 rings (SSSR count). The largest absolute Gasteiger partial charge is 0.397 e. The minimum absolute atomic E-state index is 0.197. The van der Waals surface area contributed by atoms with E-state index in [1.54, 1.807) is 25.1 Å². The smallest absolute Gasteiger partial charge is 0.269 e. The van der Waals surface area contributed by atoms with E-state index < -0.39 is 6.10 Å². The number of aliphatic hydroxyl groups excluding tert-OH is 1. The number of para-hydroxylation sites is 1. The third-order valence-corrected chi connectivity index (χ3v) is 2.54. The lowest BCUT2D eigenvalue weighted by atomic mass is 10.1. The highest BCUT2D eigenvalue weighted by atomic mass is 16.3. The molecule has 0 saturated carbocycles. The zero-order chi connectivity index (χ0) is 13.1. The van der Waals surface area contributed by atoms with Gasteiger partial charge in [0.2, 0.25) is 0 Å². The van der Waals surface area contributed by atoms with E-state index in [-0.39, 0.29) is 12.5 Å². The van der Waals surface area contributed by atoms with Gasteiger partial charge in [0.1, 0.15) is 5.69 Å². The van der Waals surface area contributed by atoms with Crippen LogP contribution in [0.25, 0.3) is 10.9 Å². The van der Waals surface area contributed by atoms with E-state index in [1.165, 1.54) is 0 Å². The Morgan fingerprint density at radius 3 is 2.94 bits per heavy atom. The maximum Gasteiger partial charge on any atom is 0.269 e.